The molecule has 36 heavy (non-hydrogen) atoms. The van der Waals surface area contributed by atoms with Crippen molar-refractivity contribution in [2.24, 2.45) is 17.8 Å². The number of hydrogen-bond acceptors (Lipinski definition) is 4. The number of nitrogens with one attached hydrogen (secondary N) is 1. The number of hydrogen-bond donors (Lipinski definition) is 2. The Morgan fingerprint density at radius 3 is 2.28 bits per heavy atom. The van der Waals surface area contributed by atoms with Crippen LogP contribution in [0.1, 0.15) is 72.5 Å². The number of rotatable bonds is 4. The van der Waals surface area contributed by atoms with Gasteiger partial charge in [0.25, 0.3) is 5.91 Å². The minimum absolute atomic E-state index is 0.110. The highest BCUT2D eigenvalue weighted by Crippen LogP contribution is 2.55. The number of piperidine rings is 1. The Bertz CT molecular complexity index is 1110. The first kappa shape index (κ1) is 23.8. The minimum Gasteiger partial charge on any atom is -0.390 e. The summed E-state index contributed by atoms with van der Waals surface area (Å²) in [6.45, 7) is 1.47. The van der Waals surface area contributed by atoms with E-state index in [2.05, 4.69) is 15.2 Å². The van der Waals surface area contributed by atoms with Gasteiger partial charge >= 0.3 is 6.18 Å². The molecule has 2 N–H and O–H groups in total. The molecule has 0 radical (unpaired) electrons. The van der Waals surface area contributed by atoms with Gasteiger partial charge in [-0.05, 0) is 98.4 Å². The number of benzene rings is 1. The fourth-order valence-electron chi connectivity index (χ4n) is 7.55. The van der Waals surface area contributed by atoms with Crippen molar-refractivity contribution in [3.8, 4) is 0 Å². The van der Waals surface area contributed by atoms with E-state index in [9.17, 15) is 23.1 Å². The van der Waals surface area contributed by atoms with Crippen molar-refractivity contribution in [2.75, 3.05) is 18.0 Å². The normalized spacial score (nSPS) is 32.1. The van der Waals surface area contributed by atoms with Crippen LogP contribution < -0.4 is 10.2 Å². The first-order valence-electron chi connectivity index (χ1n) is 13.1. The van der Waals surface area contributed by atoms with Gasteiger partial charge in [-0.25, -0.2) is 4.98 Å². The molecule has 4 saturated carbocycles. The van der Waals surface area contributed by atoms with Crippen LogP contribution in [0.5, 0.6) is 0 Å². The molecule has 5 fully saturated rings. The maximum atomic E-state index is 13.2. The highest BCUT2D eigenvalue weighted by Gasteiger charge is 2.55. The van der Waals surface area contributed by atoms with Gasteiger partial charge in [0.1, 0.15) is 11.5 Å². The van der Waals surface area contributed by atoms with Crippen LogP contribution in [0.3, 0.4) is 0 Å². The number of halogens is 3. The molecule has 5 aliphatic rings. The second-order valence-electron chi connectivity index (χ2n) is 11.5. The van der Waals surface area contributed by atoms with Crippen LogP contribution in [0, 0.1) is 17.8 Å². The predicted molar refractivity (Wildman–Crippen MR) is 130 cm³/mol. The number of carbonyl (C=O) groups excluding carboxylic acids is 1. The Kier molecular flexibility index (Phi) is 5.78. The fraction of sp³-hybridized carbons (Fsp3) is 0.571. The molecule has 2 heterocycles. The summed E-state index contributed by atoms with van der Waals surface area (Å²) in [4.78, 5) is 20.0. The molecule has 1 saturated heterocycles. The first-order valence-corrected chi connectivity index (χ1v) is 13.1. The van der Waals surface area contributed by atoms with Crippen LogP contribution in [0.15, 0.2) is 42.5 Å². The van der Waals surface area contributed by atoms with Crippen molar-refractivity contribution in [3.63, 3.8) is 0 Å². The topological polar surface area (TPSA) is 65.5 Å². The molecule has 2 atom stereocenters. The lowest BCUT2D eigenvalue weighted by Crippen LogP contribution is -2.61. The molecule has 4 bridgehead atoms. The van der Waals surface area contributed by atoms with Crippen LogP contribution >= 0.6 is 0 Å². The maximum absolute atomic E-state index is 13.2. The van der Waals surface area contributed by atoms with Crippen LogP contribution in [0.2, 0.25) is 0 Å². The van der Waals surface area contributed by atoms with E-state index in [0.29, 0.717) is 23.4 Å². The fourth-order valence-corrected chi connectivity index (χ4v) is 7.55. The van der Waals surface area contributed by atoms with Crippen molar-refractivity contribution < 1.29 is 23.1 Å². The van der Waals surface area contributed by atoms with E-state index in [1.807, 2.05) is 12.1 Å². The third-order valence-electron chi connectivity index (χ3n) is 9.03. The molecule has 8 heteroatoms. The van der Waals surface area contributed by atoms with Gasteiger partial charge in [0, 0.05) is 19.1 Å². The zero-order chi connectivity index (χ0) is 25.1. The number of aliphatic hydroxyl groups is 1. The zero-order valence-electron chi connectivity index (χ0n) is 20.2. The SMILES string of the molecule is O=C(NC1C2CC3CC1CC(O)(C3)C2)c1cccc(N2CCC(c3ccc(C(F)(F)F)cc3)CC2)n1. The van der Waals surface area contributed by atoms with Crippen molar-refractivity contribution in [2.45, 2.75) is 68.7 Å². The molecule has 0 spiro atoms. The summed E-state index contributed by atoms with van der Waals surface area (Å²) >= 11 is 0. The molecule has 1 amide bonds. The van der Waals surface area contributed by atoms with E-state index < -0.39 is 17.3 Å². The number of amides is 1. The Hall–Kier alpha value is -2.61. The van der Waals surface area contributed by atoms with Gasteiger partial charge in [0.2, 0.25) is 0 Å². The van der Waals surface area contributed by atoms with E-state index in [1.54, 1.807) is 18.2 Å². The monoisotopic (exact) mass is 499 g/mol. The van der Waals surface area contributed by atoms with Crippen LogP contribution in [0.25, 0.3) is 0 Å². The Morgan fingerprint density at radius 1 is 1.00 bits per heavy atom. The number of alkyl halides is 3. The Labute approximate surface area is 209 Å². The van der Waals surface area contributed by atoms with Gasteiger partial charge in [-0.1, -0.05) is 18.2 Å². The number of pyridine rings is 1. The Morgan fingerprint density at radius 2 is 1.67 bits per heavy atom. The molecule has 192 valence electrons. The zero-order valence-corrected chi connectivity index (χ0v) is 20.2. The van der Waals surface area contributed by atoms with Gasteiger partial charge < -0.3 is 15.3 Å². The van der Waals surface area contributed by atoms with Crippen molar-refractivity contribution in [1.82, 2.24) is 10.3 Å². The lowest BCUT2D eigenvalue weighted by atomic mass is 9.52. The summed E-state index contributed by atoms with van der Waals surface area (Å²) in [7, 11) is 0. The average Bonchev–Trinajstić information content (AvgIpc) is 2.85. The summed E-state index contributed by atoms with van der Waals surface area (Å²) in [5.74, 6) is 2.10. The van der Waals surface area contributed by atoms with Gasteiger partial charge in [0.15, 0.2) is 0 Å². The molecule has 1 aromatic carbocycles. The van der Waals surface area contributed by atoms with Gasteiger partial charge in [-0.2, -0.15) is 13.2 Å². The second kappa shape index (κ2) is 8.75. The predicted octanol–water partition coefficient (Wildman–Crippen LogP) is 5.15. The van der Waals surface area contributed by atoms with E-state index >= 15 is 0 Å². The van der Waals surface area contributed by atoms with E-state index in [0.717, 1.165) is 81.5 Å². The third-order valence-corrected chi connectivity index (χ3v) is 9.03. The lowest BCUT2D eigenvalue weighted by Gasteiger charge is -2.58. The quantitative estimate of drug-likeness (QED) is 0.611. The molecule has 5 nitrogen and oxygen atoms in total. The number of carbonyl (C=O) groups is 1. The van der Waals surface area contributed by atoms with Crippen LogP contribution in [0.4, 0.5) is 19.0 Å². The molecular formula is C28H32F3N3O2. The van der Waals surface area contributed by atoms with Crippen LogP contribution in [-0.2, 0) is 6.18 Å². The second-order valence-corrected chi connectivity index (χ2v) is 11.5. The number of aromatic nitrogens is 1. The van der Waals surface area contributed by atoms with Crippen molar-refractivity contribution in [1.29, 1.82) is 0 Å². The average molecular weight is 500 g/mol. The largest absolute Gasteiger partial charge is 0.416 e. The first-order chi connectivity index (χ1) is 17.2. The summed E-state index contributed by atoms with van der Waals surface area (Å²) in [6, 6.07) is 11.1. The number of anilines is 1. The van der Waals surface area contributed by atoms with Gasteiger partial charge in [0.05, 0.1) is 11.2 Å². The van der Waals surface area contributed by atoms with Crippen molar-refractivity contribution >= 4 is 11.7 Å². The highest BCUT2D eigenvalue weighted by molar-refractivity contribution is 5.93. The smallest absolute Gasteiger partial charge is 0.390 e. The summed E-state index contributed by atoms with van der Waals surface area (Å²) in [5.41, 5.74) is 0.198. The Balaban J connectivity index is 1.08. The molecule has 4 aliphatic carbocycles. The molecule has 2 unspecified atom stereocenters. The van der Waals surface area contributed by atoms with Gasteiger partial charge in [-0.15, -0.1) is 0 Å². The van der Waals surface area contributed by atoms with Crippen LogP contribution in [-0.4, -0.2) is 40.7 Å². The number of nitrogens with zero attached hydrogens (tertiary/aromatic N) is 2. The summed E-state index contributed by atoms with van der Waals surface area (Å²) < 4.78 is 38.6. The summed E-state index contributed by atoms with van der Waals surface area (Å²) in [6.07, 6.45) is 1.98. The molecule has 1 aliphatic heterocycles. The molecule has 1 aromatic heterocycles. The standard InChI is InChI=1S/C28H32F3N3O2/c29-28(30,31)22-6-4-18(5-7-22)19-8-10-34(11-9-19)24-3-1-2-23(32-24)26(35)33-25-20-12-17-13-21(25)16-27(36,14-17)15-20/h1-7,17,19-21,25,36H,8-16H2,(H,33,35). The lowest BCUT2D eigenvalue weighted by molar-refractivity contribution is -0.137. The molecule has 2 aromatic rings. The minimum atomic E-state index is -4.32. The van der Waals surface area contributed by atoms with E-state index in [-0.39, 0.29) is 17.9 Å². The van der Waals surface area contributed by atoms with Gasteiger partial charge in [-0.3, -0.25) is 4.79 Å². The molecule has 7 rings (SSSR count). The maximum Gasteiger partial charge on any atom is 0.416 e. The van der Waals surface area contributed by atoms with Crippen molar-refractivity contribution in [3.05, 3.63) is 59.3 Å². The van der Waals surface area contributed by atoms with E-state index in [1.165, 1.54) is 0 Å². The summed E-state index contributed by atoms with van der Waals surface area (Å²) in [5, 5.41) is 14.1. The highest BCUT2D eigenvalue weighted by atomic mass is 19.4. The van der Waals surface area contributed by atoms with E-state index in [4.69, 9.17) is 0 Å². The third kappa shape index (κ3) is 4.49. The molecular weight excluding hydrogens is 467 g/mol.